The number of pyridine rings is 1. The van der Waals surface area contributed by atoms with Crippen molar-refractivity contribution in [3.05, 3.63) is 58.9 Å². The van der Waals surface area contributed by atoms with E-state index in [0.717, 1.165) is 38.2 Å². The summed E-state index contributed by atoms with van der Waals surface area (Å²) in [7, 11) is 0. The van der Waals surface area contributed by atoms with Crippen LogP contribution in [-0.2, 0) is 25.9 Å². The van der Waals surface area contributed by atoms with Gasteiger partial charge in [0.15, 0.2) is 0 Å². The van der Waals surface area contributed by atoms with Crippen molar-refractivity contribution in [2.75, 3.05) is 18.4 Å². The van der Waals surface area contributed by atoms with E-state index in [1.165, 1.54) is 22.4 Å². The molecule has 4 heteroatoms. The first-order chi connectivity index (χ1) is 11.9. The number of nitrogens with zero attached hydrogens (tertiary/aromatic N) is 2. The Hall–Kier alpha value is -1.91. The second-order valence-electron chi connectivity index (χ2n) is 7.58. The largest absolute Gasteiger partial charge is 0.389 e. The third kappa shape index (κ3) is 4.80. The minimum Gasteiger partial charge on any atom is -0.389 e. The van der Waals surface area contributed by atoms with Crippen molar-refractivity contribution in [2.24, 2.45) is 0 Å². The standard InChI is InChI=1S/C21H29N3O/c1-4-18-9-8-16(12-22-18)13-23-20-7-5-6-17-14-24(11-10-19(17)20)15-21(2,3)25/h5-9,12,23,25H,4,10-11,13-15H2,1-3H3. The second-order valence-corrected chi connectivity index (χ2v) is 7.58. The van der Waals surface area contributed by atoms with Gasteiger partial charge in [-0.3, -0.25) is 9.88 Å². The molecule has 2 heterocycles. The van der Waals surface area contributed by atoms with Crippen molar-refractivity contribution >= 4 is 5.69 Å². The molecule has 1 aliphatic rings. The Morgan fingerprint density at radius 1 is 1.24 bits per heavy atom. The summed E-state index contributed by atoms with van der Waals surface area (Å²) in [5.41, 5.74) is 5.68. The lowest BCUT2D eigenvalue weighted by atomic mass is 9.96. The Labute approximate surface area is 150 Å². The first-order valence-corrected chi connectivity index (χ1v) is 9.18. The first kappa shape index (κ1) is 17.9. The third-order valence-corrected chi connectivity index (χ3v) is 4.69. The van der Waals surface area contributed by atoms with Gasteiger partial charge in [-0.15, -0.1) is 0 Å². The summed E-state index contributed by atoms with van der Waals surface area (Å²) in [6, 6.07) is 10.7. The first-order valence-electron chi connectivity index (χ1n) is 9.18. The number of β-amino-alcohol motifs (C(OH)–C–C–N with tert-alkyl or cyclic N) is 1. The Morgan fingerprint density at radius 3 is 2.76 bits per heavy atom. The number of benzene rings is 1. The average Bonchev–Trinajstić information content (AvgIpc) is 2.58. The average molecular weight is 339 g/mol. The summed E-state index contributed by atoms with van der Waals surface area (Å²) in [6.07, 6.45) is 3.95. The third-order valence-electron chi connectivity index (χ3n) is 4.69. The zero-order valence-corrected chi connectivity index (χ0v) is 15.5. The zero-order chi connectivity index (χ0) is 17.9. The van der Waals surface area contributed by atoms with Crippen LogP contribution in [0.3, 0.4) is 0 Å². The number of hydrogen-bond acceptors (Lipinski definition) is 4. The molecule has 0 unspecified atom stereocenters. The van der Waals surface area contributed by atoms with Gasteiger partial charge in [0.1, 0.15) is 0 Å². The summed E-state index contributed by atoms with van der Waals surface area (Å²) >= 11 is 0. The summed E-state index contributed by atoms with van der Waals surface area (Å²) < 4.78 is 0. The molecule has 0 amide bonds. The summed E-state index contributed by atoms with van der Waals surface area (Å²) in [4.78, 5) is 6.80. The highest BCUT2D eigenvalue weighted by molar-refractivity contribution is 5.56. The van der Waals surface area contributed by atoms with Crippen LogP contribution in [0.5, 0.6) is 0 Å². The van der Waals surface area contributed by atoms with Crippen LogP contribution in [0.1, 0.15) is 43.2 Å². The molecule has 1 aliphatic heterocycles. The van der Waals surface area contributed by atoms with Crippen LogP contribution in [0.2, 0.25) is 0 Å². The van der Waals surface area contributed by atoms with Crippen molar-refractivity contribution in [3.8, 4) is 0 Å². The molecule has 1 aromatic carbocycles. The second kappa shape index (κ2) is 7.54. The van der Waals surface area contributed by atoms with E-state index in [-0.39, 0.29) is 0 Å². The maximum absolute atomic E-state index is 10.1. The number of aryl methyl sites for hydroxylation is 1. The Balaban J connectivity index is 1.67. The van der Waals surface area contributed by atoms with Crippen LogP contribution in [0, 0.1) is 0 Å². The topological polar surface area (TPSA) is 48.4 Å². The summed E-state index contributed by atoms with van der Waals surface area (Å²) in [6.45, 7) is 9.26. The van der Waals surface area contributed by atoms with E-state index in [2.05, 4.69) is 52.5 Å². The van der Waals surface area contributed by atoms with Crippen LogP contribution in [0.4, 0.5) is 5.69 Å². The predicted octanol–water partition coefficient (Wildman–Crippen LogP) is 3.39. The van der Waals surface area contributed by atoms with E-state index in [9.17, 15) is 5.11 Å². The molecular formula is C21H29N3O. The van der Waals surface area contributed by atoms with E-state index in [1.54, 1.807) is 0 Å². The molecule has 3 rings (SSSR count). The van der Waals surface area contributed by atoms with Gasteiger partial charge in [-0.25, -0.2) is 0 Å². The van der Waals surface area contributed by atoms with Gasteiger partial charge in [-0.1, -0.05) is 25.1 Å². The van der Waals surface area contributed by atoms with E-state index in [4.69, 9.17) is 0 Å². The van der Waals surface area contributed by atoms with Crippen LogP contribution in [0.25, 0.3) is 0 Å². The highest BCUT2D eigenvalue weighted by Crippen LogP contribution is 2.27. The Morgan fingerprint density at radius 2 is 2.08 bits per heavy atom. The highest BCUT2D eigenvalue weighted by Gasteiger charge is 2.23. The molecule has 0 aliphatic carbocycles. The number of rotatable bonds is 6. The van der Waals surface area contributed by atoms with Crippen molar-refractivity contribution < 1.29 is 5.11 Å². The molecule has 0 bridgehead atoms. The van der Waals surface area contributed by atoms with Crippen LogP contribution >= 0.6 is 0 Å². The van der Waals surface area contributed by atoms with Crippen molar-refractivity contribution in [2.45, 2.75) is 52.3 Å². The Kier molecular flexibility index (Phi) is 5.40. The van der Waals surface area contributed by atoms with Gasteiger partial charge < -0.3 is 10.4 Å². The smallest absolute Gasteiger partial charge is 0.0718 e. The molecule has 25 heavy (non-hydrogen) atoms. The van der Waals surface area contributed by atoms with E-state index in [1.807, 2.05) is 20.0 Å². The quantitative estimate of drug-likeness (QED) is 0.847. The SMILES string of the molecule is CCc1ccc(CNc2cccc3c2CCN(CC(C)(C)O)C3)cn1. The molecule has 0 saturated carbocycles. The molecule has 4 nitrogen and oxygen atoms in total. The maximum atomic E-state index is 10.1. The molecular weight excluding hydrogens is 310 g/mol. The summed E-state index contributed by atoms with van der Waals surface area (Å²) in [5.74, 6) is 0. The minimum absolute atomic E-state index is 0.648. The number of aliphatic hydroxyl groups is 1. The lowest BCUT2D eigenvalue weighted by Gasteiger charge is -2.34. The fourth-order valence-electron chi connectivity index (χ4n) is 3.48. The number of nitrogens with one attached hydrogen (secondary N) is 1. The molecule has 0 spiro atoms. The van der Waals surface area contributed by atoms with Crippen LogP contribution < -0.4 is 5.32 Å². The van der Waals surface area contributed by atoms with E-state index >= 15 is 0 Å². The van der Waals surface area contributed by atoms with Crippen molar-refractivity contribution in [1.82, 2.24) is 9.88 Å². The molecule has 134 valence electrons. The van der Waals surface area contributed by atoms with Crippen LogP contribution in [-0.4, -0.2) is 33.7 Å². The van der Waals surface area contributed by atoms with Gasteiger partial charge >= 0.3 is 0 Å². The lowest BCUT2D eigenvalue weighted by molar-refractivity contribution is 0.0318. The van der Waals surface area contributed by atoms with E-state index < -0.39 is 5.60 Å². The molecule has 0 radical (unpaired) electrons. The van der Waals surface area contributed by atoms with Crippen LogP contribution in [0.15, 0.2) is 36.5 Å². The molecule has 2 N–H and O–H groups in total. The lowest BCUT2D eigenvalue weighted by Crippen LogP contribution is -2.41. The van der Waals surface area contributed by atoms with Gasteiger partial charge in [-0.05, 0) is 55.5 Å². The maximum Gasteiger partial charge on any atom is 0.0718 e. The van der Waals surface area contributed by atoms with Gasteiger partial charge in [0.2, 0.25) is 0 Å². The fourth-order valence-corrected chi connectivity index (χ4v) is 3.48. The zero-order valence-electron chi connectivity index (χ0n) is 15.5. The molecule has 0 saturated heterocycles. The highest BCUT2D eigenvalue weighted by atomic mass is 16.3. The van der Waals surface area contributed by atoms with Gasteiger partial charge in [0, 0.05) is 43.8 Å². The Bertz CT molecular complexity index is 704. The minimum atomic E-state index is -0.648. The molecule has 2 aromatic rings. The molecule has 1 aromatic heterocycles. The number of hydrogen-bond donors (Lipinski definition) is 2. The van der Waals surface area contributed by atoms with Gasteiger partial charge in [0.05, 0.1) is 5.60 Å². The van der Waals surface area contributed by atoms with Gasteiger partial charge in [-0.2, -0.15) is 0 Å². The van der Waals surface area contributed by atoms with Crippen molar-refractivity contribution in [3.63, 3.8) is 0 Å². The monoisotopic (exact) mass is 339 g/mol. The van der Waals surface area contributed by atoms with Crippen molar-refractivity contribution in [1.29, 1.82) is 0 Å². The van der Waals surface area contributed by atoms with Gasteiger partial charge in [0.25, 0.3) is 0 Å². The summed E-state index contributed by atoms with van der Waals surface area (Å²) in [5, 5.41) is 13.6. The molecule has 0 atom stereocenters. The molecule has 0 fully saturated rings. The number of fused-ring (bicyclic) bond motifs is 1. The fraction of sp³-hybridized carbons (Fsp3) is 0.476. The normalized spacial score (nSPS) is 15.0. The predicted molar refractivity (Wildman–Crippen MR) is 103 cm³/mol. The number of aromatic nitrogens is 1. The number of anilines is 1. The van der Waals surface area contributed by atoms with E-state index in [0.29, 0.717) is 6.54 Å².